The number of fused-ring (bicyclic) bond motifs is 6. The molecule has 0 amide bonds. The molecule has 11 aromatic carbocycles. The highest BCUT2D eigenvalue weighted by atomic mass is 16.7. The molecule has 11 heteroatoms. The molecule has 0 atom stereocenters. The first-order chi connectivity index (χ1) is 43.6. The first kappa shape index (κ1) is 56.8. The minimum Gasteiger partial charge on any atom is -0.456 e. The van der Waals surface area contributed by atoms with Crippen LogP contribution in [0.1, 0.15) is 35.1 Å². The van der Waals surface area contributed by atoms with Crippen molar-refractivity contribution in [1.29, 1.82) is 0 Å². The van der Waals surface area contributed by atoms with Crippen molar-refractivity contribution in [2.24, 2.45) is 0 Å². The summed E-state index contributed by atoms with van der Waals surface area (Å²) in [4.78, 5) is 29.7. The maximum Gasteiger partial charge on any atom is 0.494 e. The van der Waals surface area contributed by atoms with Gasteiger partial charge in [-0.2, -0.15) is 0 Å². The van der Waals surface area contributed by atoms with E-state index < -0.39 is 18.3 Å². The average Bonchev–Trinajstić information content (AvgIpc) is 1.68. The van der Waals surface area contributed by atoms with E-state index in [2.05, 4.69) is 131 Å². The number of rotatable bonds is 10. The van der Waals surface area contributed by atoms with Crippen LogP contribution in [-0.2, 0) is 9.31 Å². The van der Waals surface area contributed by atoms with Crippen LogP contribution in [0.3, 0.4) is 0 Å². The lowest BCUT2D eigenvalue weighted by atomic mass is 9.78. The zero-order valence-electron chi connectivity index (χ0n) is 49.4. The van der Waals surface area contributed by atoms with Crippen LogP contribution in [0.25, 0.3) is 146 Å². The summed E-state index contributed by atoms with van der Waals surface area (Å²) in [5, 5.41) is 3.91. The van der Waals surface area contributed by atoms with E-state index in [9.17, 15) is 0 Å². The molecule has 0 unspecified atom stereocenters. The van der Waals surface area contributed by atoms with Gasteiger partial charge in [0.2, 0.25) is 0 Å². The maximum atomic E-state index is 6.39. The number of nitrogens with zero attached hydrogens (tertiary/aromatic N) is 6. The summed E-state index contributed by atoms with van der Waals surface area (Å²) in [6.45, 7) is 8.25. The molecule has 0 aliphatic carbocycles. The molecule has 0 spiro atoms. The molecule has 4 aromatic heterocycles. The van der Waals surface area contributed by atoms with Gasteiger partial charge in [0.1, 0.15) is 22.3 Å². The van der Waals surface area contributed by atoms with Crippen LogP contribution >= 0.6 is 0 Å². The Bertz CT molecular complexity index is 4950. The molecule has 16 rings (SSSR count). The fraction of sp³-hybridized carbons (Fsp3) is 0.0886. The van der Waals surface area contributed by atoms with Gasteiger partial charge < -0.3 is 18.1 Å². The molecule has 1 fully saturated rings. The van der Waals surface area contributed by atoms with E-state index in [1.807, 2.05) is 170 Å². The Morgan fingerprint density at radius 1 is 0.267 bits per heavy atom. The predicted octanol–water partition coefficient (Wildman–Crippen LogP) is 19.5. The molecular weight excluding hydrogens is 1110 g/mol. The maximum absolute atomic E-state index is 6.39. The van der Waals surface area contributed by atoms with Gasteiger partial charge in [-0.05, 0) is 103 Å². The van der Waals surface area contributed by atoms with E-state index in [-0.39, 0.29) is 7.43 Å². The number of hydrogen-bond donors (Lipinski definition) is 0. The summed E-state index contributed by atoms with van der Waals surface area (Å²) in [5.41, 5.74) is 15.8. The number of benzene rings is 11. The lowest BCUT2D eigenvalue weighted by Gasteiger charge is -2.32. The van der Waals surface area contributed by atoms with Crippen LogP contribution in [-0.4, -0.2) is 48.2 Å². The van der Waals surface area contributed by atoms with Crippen LogP contribution < -0.4 is 5.46 Å². The largest absolute Gasteiger partial charge is 0.494 e. The summed E-state index contributed by atoms with van der Waals surface area (Å²) >= 11 is 0. The van der Waals surface area contributed by atoms with E-state index >= 15 is 0 Å². The quantitative estimate of drug-likeness (QED) is 0.122. The van der Waals surface area contributed by atoms with Crippen molar-refractivity contribution in [1.82, 2.24) is 29.9 Å². The lowest BCUT2D eigenvalue weighted by molar-refractivity contribution is 0.00578. The Kier molecular flexibility index (Phi) is 14.9. The third kappa shape index (κ3) is 10.9. The van der Waals surface area contributed by atoms with Gasteiger partial charge in [0, 0.05) is 54.9 Å². The van der Waals surface area contributed by atoms with Crippen molar-refractivity contribution >= 4 is 56.5 Å². The Labute approximate surface area is 522 Å². The van der Waals surface area contributed by atoms with Crippen molar-refractivity contribution < 1.29 is 18.1 Å². The number of aromatic nitrogens is 6. The van der Waals surface area contributed by atoms with Crippen LogP contribution in [0, 0.1) is 0 Å². The van der Waals surface area contributed by atoms with E-state index in [1.165, 1.54) is 22.3 Å². The van der Waals surface area contributed by atoms with E-state index in [0.717, 1.165) is 93.8 Å². The second-order valence-electron chi connectivity index (χ2n) is 23.2. The topological polar surface area (TPSA) is 122 Å². The zero-order chi connectivity index (χ0) is 60.1. The van der Waals surface area contributed by atoms with Crippen LogP contribution in [0.4, 0.5) is 0 Å². The van der Waals surface area contributed by atoms with Crippen molar-refractivity contribution in [2.75, 3.05) is 0 Å². The van der Waals surface area contributed by atoms with Gasteiger partial charge >= 0.3 is 7.12 Å². The van der Waals surface area contributed by atoms with Crippen molar-refractivity contribution in [2.45, 2.75) is 46.3 Å². The third-order valence-electron chi connectivity index (χ3n) is 16.9. The van der Waals surface area contributed by atoms with Gasteiger partial charge in [-0.3, -0.25) is 0 Å². The first-order valence-corrected chi connectivity index (χ1v) is 29.8. The van der Waals surface area contributed by atoms with Gasteiger partial charge in [-0.15, -0.1) is 0 Å². The molecule has 0 radical (unpaired) electrons. The molecule has 0 bridgehead atoms. The van der Waals surface area contributed by atoms with Crippen molar-refractivity contribution in [3.05, 3.63) is 273 Å². The highest BCUT2D eigenvalue weighted by molar-refractivity contribution is 6.62. The summed E-state index contributed by atoms with van der Waals surface area (Å²) in [5.74, 6) is 3.68. The van der Waals surface area contributed by atoms with Crippen molar-refractivity contribution in [3.8, 4) is 102 Å². The molecule has 0 saturated carbocycles. The zero-order valence-corrected chi connectivity index (χ0v) is 49.4. The van der Waals surface area contributed by atoms with Crippen molar-refractivity contribution in [3.63, 3.8) is 0 Å². The summed E-state index contributed by atoms with van der Waals surface area (Å²) in [6, 6.07) is 92.6. The highest BCUT2D eigenvalue weighted by Crippen LogP contribution is 2.42. The Hall–Kier alpha value is -11.0. The number of hydrogen-bond acceptors (Lipinski definition) is 10. The lowest BCUT2D eigenvalue weighted by Crippen LogP contribution is -2.41. The van der Waals surface area contributed by atoms with Gasteiger partial charge in [0.05, 0.1) is 11.2 Å². The fourth-order valence-corrected chi connectivity index (χ4v) is 11.6. The second-order valence-corrected chi connectivity index (χ2v) is 23.2. The molecule has 1 aliphatic rings. The van der Waals surface area contributed by atoms with E-state index in [0.29, 0.717) is 34.9 Å². The summed E-state index contributed by atoms with van der Waals surface area (Å²) < 4.78 is 25.4. The van der Waals surface area contributed by atoms with Gasteiger partial charge in [0.15, 0.2) is 34.9 Å². The molecule has 10 nitrogen and oxygen atoms in total. The Morgan fingerprint density at radius 2 is 0.578 bits per heavy atom. The number of furan rings is 2. The van der Waals surface area contributed by atoms with E-state index in [1.54, 1.807) is 0 Å². The van der Waals surface area contributed by atoms with Crippen LogP contribution in [0.5, 0.6) is 0 Å². The van der Waals surface area contributed by atoms with Gasteiger partial charge in [-0.25, -0.2) is 29.9 Å². The minimum absolute atomic E-state index is 0. The van der Waals surface area contributed by atoms with E-state index in [4.69, 9.17) is 48.0 Å². The predicted molar refractivity (Wildman–Crippen MR) is 366 cm³/mol. The molecule has 1 saturated heterocycles. The summed E-state index contributed by atoms with van der Waals surface area (Å²) in [7, 11) is -0.474. The van der Waals surface area contributed by atoms with Crippen LogP contribution in [0.15, 0.2) is 282 Å². The van der Waals surface area contributed by atoms with Gasteiger partial charge in [0.25, 0.3) is 0 Å². The standard InChI is InChI=1S/C45H29N3O.C33H28BN3O3.CH4/c1-4-12-30(13-5-1)35-18-10-19-36(28-35)31-22-24-32(25-23-31)37-26-27-40-39(29-37)42-38(20-11-21-41(42)49-40)45-47-43(33-14-6-2-7-15-33)46-44(48-45)34-16-8-3-9-17-34;1-32(2)33(3,4)40-34(39-32)23-18-19-26-25(20-23)28-24(16-11-17-27(28)38-26)31-36-29(21-12-7-5-8-13-21)35-30(37-31)22-14-9-6-10-15-22;/h1-29H;5-20H,1-4H3;1H4. The average molecular weight is 1170 g/mol. The normalized spacial score (nSPS) is 13.3. The monoisotopic (exact) mass is 1170 g/mol. The second kappa shape index (κ2) is 23.6. The molecule has 434 valence electrons. The van der Waals surface area contributed by atoms with Crippen LogP contribution in [0.2, 0.25) is 0 Å². The molecule has 0 N–H and O–H groups in total. The molecule has 90 heavy (non-hydrogen) atoms. The Balaban J connectivity index is 0.000000159. The highest BCUT2D eigenvalue weighted by Gasteiger charge is 2.51. The molecule has 5 heterocycles. The molecular formula is C79H61BN6O4. The first-order valence-electron chi connectivity index (χ1n) is 29.8. The minimum atomic E-state index is -0.474. The Morgan fingerprint density at radius 3 is 0.989 bits per heavy atom. The molecule has 15 aromatic rings. The fourth-order valence-electron chi connectivity index (χ4n) is 11.6. The smallest absolute Gasteiger partial charge is 0.456 e. The van der Waals surface area contributed by atoms with Gasteiger partial charge in [-0.1, -0.05) is 244 Å². The summed E-state index contributed by atoms with van der Waals surface area (Å²) in [6.07, 6.45) is 0. The SMILES string of the molecule is C.CC1(C)OB(c2ccc3oc4cccc(-c5nc(-c6ccccc6)nc(-c6ccccc6)n5)c4c3c2)OC1(C)C.c1ccc(-c2cccc(-c3ccc(-c4ccc5oc6cccc(-c7nc(-c8ccccc8)nc(-c8ccccc8)n7)c6c5c4)cc3)c2)cc1. The molecule has 1 aliphatic heterocycles. The third-order valence-corrected chi connectivity index (χ3v) is 16.9.